The summed E-state index contributed by atoms with van der Waals surface area (Å²) in [6, 6.07) is 15.0. The molecule has 156 valence electrons. The number of rotatable bonds is 7. The topological polar surface area (TPSA) is 104 Å². The number of carbonyl (C=O) groups is 1. The highest BCUT2D eigenvalue weighted by atomic mass is 16.2. The molecule has 3 aromatic rings. The van der Waals surface area contributed by atoms with Gasteiger partial charge in [-0.15, -0.1) is 10.2 Å². The molecule has 2 aromatic heterocycles. The number of carbonyl (C=O) groups excluding carboxylic acids is 1. The predicted molar refractivity (Wildman–Crippen MR) is 120 cm³/mol. The van der Waals surface area contributed by atoms with Crippen LogP contribution in [0.3, 0.4) is 0 Å². The second-order valence-corrected chi connectivity index (χ2v) is 7.80. The van der Waals surface area contributed by atoms with Crippen molar-refractivity contribution >= 4 is 29.0 Å². The summed E-state index contributed by atoms with van der Waals surface area (Å²) >= 11 is 0. The number of hydrogen-bond acceptors (Lipinski definition) is 6. The summed E-state index contributed by atoms with van der Waals surface area (Å²) in [5.41, 5.74) is 2.96. The second kappa shape index (κ2) is 9.69. The van der Waals surface area contributed by atoms with E-state index in [0.717, 1.165) is 11.4 Å². The average Bonchev–Trinajstić information content (AvgIpc) is 2.73. The van der Waals surface area contributed by atoms with Crippen LogP contribution in [0.15, 0.2) is 60.9 Å². The van der Waals surface area contributed by atoms with Gasteiger partial charge in [-0.2, -0.15) is 0 Å². The zero-order chi connectivity index (χ0) is 21.4. The Labute approximate surface area is 176 Å². The van der Waals surface area contributed by atoms with Gasteiger partial charge in [0.2, 0.25) is 0 Å². The summed E-state index contributed by atoms with van der Waals surface area (Å²) in [7, 11) is 0. The lowest BCUT2D eigenvalue weighted by atomic mass is 9.87. The van der Waals surface area contributed by atoms with Gasteiger partial charge in [0.25, 0.3) is 0 Å². The van der Waals surface area contributed by atoms with Crippen molar-refractivity contribution in [3.05, 3.63) is 66.5 Å². The fraction of sp³-hybridized carbons (Fsp3) is 0.273. The molecule has 8 nitrogen and oxygen atoms in total. The van der Waals surface area contributed by atoms with E-state index in [0.29, 0.717) is 24.7 Å². The molecule has 3 rings (SSSR count). The summed E-state index contributed by atoms with van der Waals surface area (Å²) in [6.07, 6.45) is 3.41. The highest BCUT2D eigenvalue weighted by Gasteiger charge is 2.13. The molecule has 0 aliphatic carbocycles. The number of pyridine rings is 1. The highest BCUT2D eigenvalue weighted by molar-refractivity contribution is 5.89. The SMILES string of the molecule is CC(C)(C)c1ccc(NC(=O)NCCNc2ccc(Nc3ccncc3)nn2)cc1. The van der Waals surface area contributed by atoms with E-state index < -0.39 is 0 Å². The normalized spacial score (nSPS) is 10.9. The quantitative estimate of drug-likeness (QED) is 0.440. The predicted octanol–water partition coefficient (Wildman–Crippen LogP) is 4.15. The molecule has 0 spiro atoms. The zero-order valence-corrected chi connectivity index (χ0v) is 17.4. The van der Waals surface area contributed by atoms with E-state index in [4.69, 9.17) is 0 Å². The highest BCUT2D eigenvalue weighted by Crippen LogP contribution is 2.23. The van der Waals surface area contributed by atoms with Crippen molar-refractivity contribution < 1.29 is 4.79 Å². The van der Waals surface area contributed by atoms with Gasteiger partial charge in [0.05, 0.1) is 0 Å². The van der Waals surface area contributed by atoms with Gasteiger partial charge in [0.1, 0.15) is 5.82 Å². The van der Waals surface area contributed by atoms with Gasteiger partial charge in [-0.3, -0.25) is 4.98 Å². The van der Waals surface area contributed by atoms with Crippen LogP contribution >= 0.6 is 0 Å². The Morgan fingerprint density at radius 2 is 1.50 bits per heavy atom. The van der Waals surface area contributed by atoms with Crippen LogP contribution in [-0.2, 0) is 5.41 Å². The third-order valence-corrected chi connectivity index (χ3v) is 4.34. The first-order valence-electron chi connectivity index (χ1n) is 9.80. The van der Waals surface area contributed by atoms with Crippen LogP contribution in [0.4, 0.5) is 27.8 Å². The minimum absolute atomic E-state index is 0.0860. The monoisotopic (exact) mass is 405 g/mol. The van der Waals surface area contributed by atoms with Gasteiger partial charge in [0.15, 0.2) is 5.82 Å². The Kier molecular flexibility index (Phi) is 6.79. The number of hydrogen-bond donors (Lipinski definition) is 4. The van der Waals surface area contributed by atoms with Gasteiger partial charge in [-0.1, -0.05) is 32.9 Å². The summed E-state index contributed by atoms with van der Waals surface area (Å²) in [6.45, 7) is 7.45. The zero-order valence-electron chi connectivity index (χ0n) is 17.4. The molecule has 0 bridgehead atoms. The van der Waals surface area contributed by atoms with E-state index >= 15 is 0 Å². The van der Waals surface area contributed by atoms with Crippen LogP contribution < -0.4 is 21.3 Å². The molecule has 30 heavy (non-hydrogen) atoms. The number of nitrogens with zero attached hydrogens (tertiary/aromatic N) is 3. The molecule has 0 saturated carbocycles. The Morgan fingerprint density at radius 1 is 0.833 bits per heavy atom. The number of benzene rings is 1. The smallest absolute Gasteiger partial charge is 0.319 e. The lowest BCUT2D eigenvalue weighted by molar-refractivity contribution is 0.252. The summed E-state index contributed by atoms with van der Waals surface area (Å²) in [4.78, 5) is 16.0. The molecule has 2 heterocycles. The molecule has 0 aliphatic rings. The first-order chi connectivity index (χ1) is 14.4. The van der Waals surface area contributed by atoms with Crippen molar-refractivity contribution in [2.75, 3.05) is 29.0 Å². The van der Waals surface area contributed by atoms with Crippen LogP contribution in [0.1, 0.15) is 26.3 Å². The van der Waals surface area contributed by atoms with E-state index in [-0.39, 0.29) is 11.4 Å². The van der Waals surface area contributed by atoms with Gasteiger partial charge < -0.3 is 21.3 Å². The maximum atomic E-state index is 12.0. The van der Waals surface area contributed by atoms with Gasteiger partial charge in [0, 0.05) is 36.9 Å². The minimum Gasteiger partial charge on any atom is -0.367 e. The second-order valence-electron chi connectivity index (χ2n) is 7.80. The Hall–Kier alpha value is -3.68. The van der Waals surface area contributed by atoms with Crippen LogP contribution in [0.5, 0.6) is 0 Å². The molecule has 0 atom stereocenters. The van der Waals surface area contributed by atoms with Crippen LogP contribution in [-0.4, -0.2) is 34.3 Å². The Balaban J connectivity index is 1.37. The molecule has 2 amide bonds. The van der Waals surface area contributed by atoms with Crippen molar-refractivity contribution in [1.82, 2.24) is 20.5 Å². The van der Waals surface area contributed by atoms with E-state index in [9.17, 15) is 4.79 Å². The molecule has 0 unspecified atom stereocenters. The van der Waals surface area contributed by atoms with Crippen LogP contribution in [0, 0.1) is 0 Å². The largest absolute Gasteiger partial charge is 0.367 e. The van der Waals surface area contributed by atoms with Crippen molar-refractivity contribution in [3.63, 3.8) is 0 Å². The van der Waals surface area contributed by atoms with E-state index in [1.165, 1.54) is 5.56 Å². The molecule has 0 radical (unpaired) electrons. The van der Waals surface area contributed by atoms with E-state index in [2.05, 4.69) is 57.2 Å². The molecule has 0 aliphatic heterocycles. The number of amides is 2. The van der Waals surface area contributed by atoms with Crippen LogP contribution in [0.2, 0.25) is 0 Å². The Bertz CT molecular complexity index is 936. The van der Waals surface area contributed by atoms with Gasteiger partial charge in [-0.05, 0) is 47.4 Å². The molecule has 4 N–H and O–H groups in total. The lowest BCUT2D eigenvalue weighted by Gasteiger charge is -2.19. The summed E-state index contributed by atoms with van der Waals surface area (Å²) in [5, 5.41) is 20.2. The summed E-state index contributed by atoms with van der Waals surface area (Å²) in [5.74, 6) is 1.27. The first kappa shape index (κ1) is 21.0. The first-order valence-corrected chi connectivity index (χ1v) is 9.80. The third kappa shape index (κ3) is 6.44. The molecule has 0 fully saturated rings. The maximum absolute atomic E-state index is 12.0. The molecule has 1 aromatic carbocycles. The third-order valence-electron chi connectivity index (χ3n) is 4.34. The molecular formula is C22H27N7O. The lowest BCUT2D eigenvalue weighted by Crippen LogP contribution is -2.32. The molecular weight excluding hydrogens is 378 g/mol. The standard InChI is InChI=1S/C22H27N7O/c1-22(2,3)16-4-6-17(7-5-16)27-21(30)25-15-14-24-19-8-9-20(29-28-19)26-18-10-12-23-13-11-18/h4-13H,14-15H2,1-3H3,(H,24,28)(H,23,26,29)(H2,25,27,30). The molecule has 8 heteroatoms. The molecule has 0 saturated heterocycles. The average molecular weight is 406 g/mol. The van der Waals surface area contributed by atoms with Crippen LogP contribution in [0.25, 0.3) is 0 Å². The summed E-state index contributed by atoms with van der Waals surface area (Å²) < 4.78 is 0. The van der Waals surface area contributed by atoms with Crippen molar-refractivity contribution in [1.29, 1.82) is 0 Å². The van der Waals surface area contributed by atoms with Crippen molar-refractivity contribution in [2.24, 2.45) is 0 Å². The number of nitrogens with one attached hydrogen (secondary N) is 4. The van der Waals surface area contributed by atoms with E-state index in [1.807, 2.05) is 48.5 Å². The van der Waals surface area contributed by atoms with Gasteiger partial charge in [-0.25, -0.2) is 4.79 Å². The van der Waals surface area contributed by atoms with Crippen molar-refractivity contribution in [3.8, 4) is 0 Å². The fourth-order valence-electron chi connectivity index (χ4n) is 2.67. The van der Waals surface area contributed by atoms with E-state index in [1.54, 1.807) is 12.4 Å². The van der Waals surface area contributed by atoms with Crippen molar-refractivity contribution in [2.45, 2.75) is 26.2 Å². The number of anilines is 4. The maximum Gasteiger partial charge on any atom is 0.319 e. The number of urea groups is 1. The fourth-order valence-corrected chi connectivity index (χ4v) is 2.67. The minimum atomic E-state index is -0.247. The Morgan fingerprint density at radius 3 is 2.13 bits per heavy atom. The van der Waals surface area contributed by atoms with Gasteiger partial charge >= 0.3 is 6.03 Å². The number of aromatic nitrogens is 3.